The zero-order valence-corrected chi connectivity index (χ0v) is 19.7. The van der Waals surface area contributed by atoms with Crippen LogP contribution in [0.4, 0.5) is 0 Å². The van der Waals surface area contributed by atoms with Gasteiger partial charge in [0.1, 0.15) is 17.0 Å². The molecule has 2 aromatic carbocycles. The van der Waals surface area contributed by atoms with Crippen LogP contribution in [-0.4, -0.2) is 24.7 Å². The lowest BCUT2D eigenvalue weighted by atomic mass is 10.0. The van der Waals surface area contributed by atoms with E-state index in [1.165, 1.54) is 17.3 Å². The molecule has 3 heterocycles. The summed E-state index contributed by atoms with van der Waals surface area (Å²) in [6.45, 7) is 4.08. The molecule has 0 aliphatic carbocycles. The highest BCUT2D eigenvalue weighted by Gasteiger charge is 2.17. The number of aryl methyl sites for hydroxylation is 2. The van der Waals surface area contributed by atoms with Crippen molar-refractivity contribution >= 4 is 44.9 Å². The normalized spacial score (nSPS) is 11.3. The Bertz CT molecular complexity index is 1490. The summed E-state index contributed by atoms with van der Waals surface area (Å²) in [4.78, 5) is 22.5. The Morgan fingerprint density at radius 3 is 2.75 bits per heavy atom. The minimum absolute atomic E-state index is 0.123. The smallest absolute Gasteiger partial charge is 0.260 e. The molecule has 0 spiro atoms. The number of hydrogen-bond acceptors (Lipinski definition) is 6. The van der Waals surface area contributed by atoms with Gasteiger partial charge >= 0.3 is 0 Å². The lowest BCUT2D eigenvalue weighted by Crippen LogP contribution is -2.11. The number of thiophene rings is 1. The second-order valence-corrected chi connectivity index (χ2v) is 9.93. The number of nitrogens with one attached hydrogen (secondary N) is 1. The summed E-state index contributed by atoms with van der Waals surface area (Å²) < 4.78 is 1.86. The number of halogens is 1. The van der Waals surface area contributed by atoms with Gasteiger partial charge in [0.15, 0.2) is 5.16 Å². The molecular weight excluding hydrogens is 462 g/mol. The van der Waals surface area contributed by atoms with Crippen molar-refractivity contribution in [2.24, 2.45) is 0 Å². The number of thioether (sulfide) groups is 1. The van der Waals surface area contributed by atoms with Gasteiger partial charge in [-0.2, -0.15) is 0 Å². The molecule has 0 aliphatic heterocycles. The molecule has 1 N–H and O–H groups in total. The predicted octanol–water partition coefficient (Wildman–Crippen LogP) is 5.79. The average Bonchev–Trinajstić information content (AvgIpc) is 3.37. The van der Waals surface area contributed by atoms with Crippen LogP contribution in [0, 0.1) is 13.8 Å². The van der Waals surface area contributed by atoms with E-state index in [9.17, 15) is 4.79 Å². The molecule has 0 radical (unpaired) electrons. The molecule has 9 heteroatoms. The summed E-state index contributed by atoms with van der Waals surface area (Å²) >= 11 is 9.11. The van der Waals surface area contributed by atoms with Gasteiger partial charge in [0.05, 0.1) is 16.8 Å². The molecular formula is C23H18ClN5OS2. The van der Waals surface area contributed by atoms with E-state index in [1.807, 2.05) is 42.7 Å². The number of fused-ring (bicyclic) bond motifs is 1. The Balaban J connectivity index is 1.46. The molecule has 3 aromatic heterocycles. The van der Waals surface area contributed by atoms with Crippen molar-refractivity contribution in [3.8, 4) is 16.8 Å². The first-order valence-electron chi connectivity index (χ1n) is 9.87. The van der Waals surface area contributed by atoms with E-state index in [0.29, 0.717) is 27.1 Å². The largest absolute Gasteiger partial charge is 0.309 e. The summed E-state index contributed by atoms with van der Waals surface area (Å²) in [5.41, 5.74) is 3.92. The van der Waals surface area contributed by atoms with Crippen molar-refractivity contribution in [2.75, 3.05) is 0 Å². The van der Waals surface area contributed by atoms with E-state index in [0.717, 1.165) is 26.5 Å². The van der Waals surface area contributed by atoms with E-state index in [4.69, 9.17) is 16.6 Å². The Morgan fingerprint density at radius 1 is 1.16 bits per heavy atom. The molecule has 0 unspecified atom stereocenters. The monoisotopic (exact) mass is 479 g/mol. The van der Waals surface area contributed by atoms with Crippen molar-refractivity contribution in [3.63, 3.8) is 0 Å². The van der Waals surface area contributed by atoms with Crippen LogP contribution in [0.3, 0.4) is 0 Å². The van der Waals surface area contributed by atoms with Gasteiger partial charge in [0.2, 0.25) is 0 Å². The molecule has 5 aromatic rings. The van der Waals surface area contributed by atoms with E-state index in [1.54, 1.807) is 17.7 Å². The number of aromatic nitrogens is 5. The molecule has 5 rings (SSSR count). The topological polar surface area (TPSA) is 76.5 Å². The van der Waals surface area contributed by atoms with Gasteiger partial charge in [0.25, 0.3) is 5.56 Å². The van der Waals surface area contributed by atoms with Gasteiger partial charge in [0, 0.05) is 15.5 Å². The number of aromatic amines is 1. The lowest BCUT2D eigenvalue weighted by molar-refractivity contribution is 0.881. The number of nitrogens with zero attached hydrogens (tertiary/aromatic N) is 4. The van der Waals surface area contributed by atoms with E-state index in [-0.39, 0.29) is 5.56 Å². The van der Waals surface area contributed by atoms with Crippen molar-refractivity contribution in [3.05, 3.63) is 86.5 Å². The second-order valence-electron chi connectivity index (χ2n) is 7.34. The highest BCUT2D eigenvalue weighted by Crippen LogP contribution is 2.36. The van der Waals surface area contributed by atoms with Gasteiger partial charge in [-0.3, -0.25) is 9.36 Å². The highest BCUT2D eigenvalue weighted by molar-refractivity contribution is 7.98. The van der Waals surface area contributed by atoms with E-state index >= 15 is 0 Å². The van der Waals surface area contributed by atoms with Gasteiger partial charge in [-0.05, 0) is 37.6 Å². The molecule has 0 fully saturated rings. The first-order chi connectivity index (χ1) is 15.5. The van der Waals surface area contributed by atoms with Crippen LogP contribution >= 0.6 is 34.7 Å². The third-order valence-corrected chi connectivity index (χ3v) is 7.26. The van der Waals surface area contributed by atoms with Crippen LogP contribution in [0.25, 0.3) is 27.0 Å². The van der Waals surface area contributed by atoms with Crippen LogP contribution < -0.4 is 5.56 Å². The van der Waals surface area contributed by atoms with Gasteiger partial charge in [-0.25, -0.2) is 4.98 Å². The third-order valence-electron chi connectivity index (χ3n) is 5.07. The summed E-state index contributed by atoms with van der Waals surface area (Å²) in [5, 5.41) is 10.2. The Morgan fingerprint density at radius 2 is 1.97 bits per heavy atom. The van der Waals surface area contributed by atoms with Crippen LogP contribution in [0.15, 0.2) is 64.8 Å². The van der Waals surface area contributed by atoms with Crippen LogP contribution in [0.2, 0.25) is 5.02 Å². The van der Waals surface area contributed by atoms with Crippen LogP contribution in [0.5, 0.6) is 0 Å². The first-order valence-corrected chi connectivity index (χ1v) is 12.1. The maximum absolute atomic E-state index is 13.0. The molecule has 0 aliphatic rings. The van der Waals surface area contributed by atoms with Crippen molar-refractivity contribution in [1.82, 2.24) is 24.7 Å². The quantitative estimate of drug-likeness (QED) is 0.322. The summed E-state index contributed by atoms with van der Waals surface area (Å²) in [5.74, 6) is 1.06. The first kappa shape index (κ1) is 20.9. The summed E-state index contributed by atoms with van der Waals surface area (Å²) in [6, 6.07) is 15.7. The molecule has 0 atom stereocenters. The molecule has 160 valence electrons. The third kappa shape index (κ3) is 3.97. The van der Waals surface area contributed by atoms with Crippen LogP contribution in [0.1, 0.15) is 16.3 Å². The van der Waals surface area contributed by atoms with E-state index in [2.05, 4.69) is 39.4 Å². The van der Waals surface area contributed by atoms with Crippen molar-refractivity contribution in [2.45, 2.75) is 24.8 Å². The van der Waals surface area contributed by atoms with Gasteiger partial charge in [-0.1, -0.05) is 59.3 Å². The number of benzene rings is 2. The molecule has 0 amide bonds. The van der Waals surface area contributed by atoms with Gasteiger partial charge < -0.3 is 4.98 Å². The standard InChI is InChI=1S/C23H18ClN5OS2/c1-13-6-8-15(9-7-13)19-14(2)32-22-20(19)21(30)26-18(27-22)11-31-23-28-25-12-29(23)17-5-3-4-16(24)10-17/h3-10,12H,11H2,1-2H3,(H,26,27,30). The number of H-pyrrole nitrogens is 1. The summed E-state index contributed by atoms with van der Waals surface area (Å²) in [7, 11) is 0. The lowest BCUT2D eigenvalue weighted by Gasteiger charge is -2.06. The maximum atomic E-state index is 13.0. The number of rotatable bonds is 5. The van der Waals surface area contributed by atoms with Crippen molar-refractivity contribution in [1.29, 1.82) is 0 Å². The summed E-state index contributed by atoms with van der Waals surface area (Å²) in [6.07, 6.45) is 1.64. The maximum Gasteiger partial charge on any atom is 0.260 e. The van der Waals surface area contributed by atoms with Crippen LogP contribution in [-0.2, 0) is 5.75 Å². The molecule has 0 bridgehead atoms. The fraction of sp³-hybridized carbons (Fsp3) is 0.130. The zero-order valence-electron chi connectivity index (χ0n) is 17.3. The van der Waals surface area contributed by atoms with E-state index < -0.39 is 0 Å². The average molecular weight is 480 g/mol. The SMILES string of the molecule is Cc1ccc(-c2c(C)sc3nc(CSc4nncn4-c4cccc(Cl)c4)[nH]c(=O)c23)cc1. The predicted molar refractivity (Wildman–Crippen MR) is 131 cm³/mol. The Labute approximate surface area is 197 Å². The fourth-order valence-corrected chi connectivity index (χ4v) is 5.61. The zero-order chi connectivity index (χ0) is 22.2. The Hall–Kier alpha value is -2.94. The second kappa shape index (κ2) is 8.54. The molecule has 0 saturated heterocycles. The Kier molecular flexibility index (Phi) is 5.58. The number of hydrogen-bond donors (Lipinski definition) is 1. The minimum Gasteiger partial charge on any atom is -0.309 e. The molecule has 32 heavy (non-hydrogen) atoms. The van der Waals surface area contributed by atoms with Gasteiger partial charge in [-0.15, -0.1) is 21.5 Å². The molecule has 6 nitrogen and oxygen atoms in total. The molecule has 0 saturated carbocycles. The minimum atomic E-state index is -0.123. The fourth-order valence-electron chi connectivity index (χ4n) is 3.56. The highest BCUT2D eigenvalue weighted by atomic mass is 35.5. The van der Waals surface area contributed by atoms with Crippen molar-refractivity contribution < 1.29 is 0 Å².